The average molecular weight is 477 g/mol. The van der Waals surface area contributed by atoms with E-state index in [4.69, 9.17) is 9.84 Å². The molecule has 0 fully saturated rings. The second-order valence-electron chi connectivity index (χ2n) is 8.55. The highest BCUT2D eigenvalue weighted by atomic mass is 16.5. The molecule has 0 unspecified atom stereocenters. The second kappa shape index (κ2) is 10.4. The molecule has 1 aliphatic carbocycles. The van der Waals surface area contributed by atoms with Crippen molar-refractivity contribution in [1.29, 1.82) is 0 Å². The lowest BCUT2D eigenvalue weighted by atomic mass is 9.98. The Morgan fingerprint density at radius 2 is 1.71 bits per heavy atom. The molecule has 35 heavy (non-hydrogen) atoms. The summed E-state index contributed by atoms with van der Waals surface area (Å²) in [5.41, 5.74) is 5.46. The number of carboxylic acid groups (broad SMARTS) is 1. The van der Waals surface area contributed by atoms with Crippen molar-refractivity contribution in [3.63, 3.8) is 0 Å². The summed E-state index contributed by atoms with van der Waals surface area (Å²) in [6.07, 6.45) is 1.29. The molecular formula is C26H28N4O5. The lowest BCUT2D eigenvalue weighted by Crippen LogP contribution is -2.32. The zero-order valence-electron chi connectivity index (χ0n) is 19.7. The van der Waals surface area contributed by atoms with Crippen LogP contribution < -0.4 is 5.32 Å². The van der Waals surface area contributed by atoms with Gasteiger partial charge in [0.1, 0.15) is 12.3 Å². The monoisotopic (exact) mass is 476 g/mol. The number of carbonyl (C=O) groups is 3. The highest BCUT2D eigenvalue weighted by Gasteiger charge is 2.29. The molecule has 0 saturated carbocycles. The molecule has 0 atom stereocenters. The highest BCUT2D eigenvalue weighted by Crippen LogP contribution is 2.44. The summed E-state index contributed by atoms with van der Waals surface area (Å²) in [6.45, 7) is 0.578. The number of hydrogen-bond acceptors (Lipinski definition) is 5. The standard InChI is InChI=1S/C26H28N4O5/c1-29(13-7-12-23(31)32)25(33)24-17(15-28-30(24)2)14-27-26(34)35-16-22-20-10-5-3-8-18(20)19-9-4-6-11-21(19)22/h3-6,8-11,15,22H,7,12-14,16H2,1-2H3,(H,27,34)(H,31,32). The Hall–Kier alpha value is -4.14. The normalized spacial score (nSPS) is 12.1. The van der Waals surface area contributed by atoms with E-state index in [1.165, 1.54) is 15.8 Å². The van der Waals surface area contributed by atoms with Crippen LogP contribution in [0.25, 0.3) is 11.1 Å². The van der Waals surface area contributed by atoms with Crippen molar-refractivity contribution >= 4 is 18.0 Å². The number of benzene rings is 2. The number of alkyl carbamates (subject to hydrolysis) is 1. The van der Waals surface area contributed by atoms with Crippen molar-refractivity contribution in [2.45, 2.75) is 25.3 Å². The lowest BCUT2D eigenvalue weighted by molar-refractivity contribution is -0.137. The number of ether oxygens (including phenoxy) is 1. The Balaban J connectivity index is 1.36. The van der Waals surface area contributed by atoms with Crippen LogP contribution in [0.1, 0.15) is 45.9 Å². The molecule has 1 aliphatic rings. The van der Waals surface area contributed by atoms with Gasteiger partial charge in [0.25, 0.3) is 5.91 Å². The van der Waals surface area contributed by atoms with Crippen molar-refractivity contribution in [3.8, 4) is 11.1 Å². The topological polar surface area (TPSA) is 114 Å². The van der Waals surface area contributed by atoms with Crippen LogP contribution in [-0.4, -0.2) is 58.0 Å². The van der Waals surface area contributed by atoms with Crippen LogP contribution in [0.3, 0.4) is 0 Å². The van der Waals surface area contributed by atoms with Crippen LogP contribution in [0.15, 0.2) is 54.7 Å². The Kier molecular flexibility index (Phi) is 7.14. The molecular weight excluding hydrogens is 448 g/mol. The molecule has 0 radical (unpaired) electrons. The molecule has 1 heterocycles. The maximum atomic E-state index is 12.9. The molecule has 2 aromatic carbocycles. The van der Waals surface area contributed by atoms with E-state index in [-0.39, 0.29) is 31.4 Å². The van der Waals surface area contributed by atoms with E-state index in [2.05, 4.69) is 34.7 Å². The first-order valence-electron chi connectivity index (χ1n) is 11.4. The summed E-state index contributed by atoms with van der Waals surface area (Å²) in [7, 11) is 3.26. The van der Waals surface area contributed by atoms with Crippen LogP contribution in [0.4, 0.5) is 4.79 Å². The van der Waals surface area contributed by atoms with E-state index in [1.54, 1.807) is 14.1 Å². The minimum absolute atomic E-state index is 0.0147. The van der Waals surface area contributed by atoms with E-state index in [9.17, 15) is 14.4 Å². The number of nitrogens with zero attached hydrogens (tertiary/aromatic N) is 3. The van der Waals surface area contributed by atoms with Crippen molar-refractivity contribution in [1.82, 2.24) is 20.0 Å². The number of carbonyl (C=O) groups excluding carboxylic acids is 2. The molecule has 182 valence electrons. The molecule has 0 saturated heterocycles. The third-order valence-electron chi connectivity index (χ3n) is 6.21. The van der Waals surface area contributed by atoms with Gasteiger partial charge in [-0.3, -0.25) is 14.3 Å². The number of aliphatic carboxylic acids is 1. The number of nitrogens with one attached hydrogen (secondary N) is 1. The third-order valence-corrected chi connectivity index (χ3v) is 6.21. The van der Waals surface area contributed by atoms with Crippen LogP contribution >= 0.6 is 0 Å². The zero-order valence-corrected chi connectivity index (χ0v) is 19.7. The van der Waals surface area contributed by atoms with Gasteiger partial charge < -0.3 is 20.1 Å². The summed E-state index contributed by atoms with van der Waals surface area (Å²) in [4.78, 5) is 37.6. The fraction of sp³-hybridized carbons (Fsp3) is 0.308. The van der Waals surface area contributed by atoms with Crippen molar-refractivity contribution < 1.29 is 24.2 Å². The Bertz CT molecular complexity index is 1210. The Labute approximate surface area is 203 Å². The van der Waals surface area contributed by atoms with Crippen molar-refractivity contribution in [2.75, 3.05) is 20.2 Å². The number of fused-ring (bicyclic) bond motifs is 3. The van der Waals surface area contributed by atoms with Gasteiger partial charge in [0.05, 0.1) is 12.7 Å². The maximum Gasteiger partial charge on any atom is 0.407 e. The number of amides is 2. The number of aromatic nitrogens is 2. The fourth-order valence-electron chi connectivity index (χ4n) is 4.45. The predicted octanol–water partition coefficient (Wildman–Crippen LogP) is 3.40. The van der Waals surface area contributed by atoms with Crippen molar-refractivity contribution in [2.24, 2.45) is 7.05 Å². The Morgan fingerprint density at radius 3 is 2.34 bits per heavy atom. The summed E-state index contributed by atoms with van der Waals surface area (Å²) < 4.78 is 7.01. The molecule has 2 N–H and O–H groups in total. The molecule has 2 amide bonds. The summed E-state index contributed by atoms with van der Waals surface area (Å²) in [5, 5.41) is 15.7. The second-order valence-corrected chi connectivity index (χ2v) is 8.55. The van der Waals surface area contributed by atoms with E-state index < -0.39 is 12.1 Å². The Morgan fingerprint density at radius 1 is 1.09 bits per heavy atom. The number of aryl methyl sites for hydroxylation is 1. The van der Waals surface area contributed by atoms with Crippen LogP contribution in [0, 0.1) is 0 Å². The smallest absolute Gasteiger partial charge is 0.407 e. The molecule has 4 rings (SSSR count). The lowest BCUT2D eigenvalue weighted by Gasteiger charge is -2.18. The van der Waals surface area contributed by atoms with Crippen LogP contribution in [0.5, 0.6) is 0 Å². The minimum Gasteiger partial charge on any atom is -0.481 e. The third kappa shape index (κ3) is 5.18. The quantitative estimate of drug-likeness (QED) is 0.489. The SMILES string of the molecule is CN(CCCC(=O)O)C(=O)c1c(CNC(=O)OCC2c3ccccc3-c3ccccc32)cnn1C. The summed E-state index contributed by atoms with van der Waals surface area (Å²) in [5.74, 6) is -1.23. The molecule has 3 aromatic rings. The number of hydrogen-bond donors (Lipinski definition) is 2. The van der Waals surface area contributed by atoms with Crippen LogP contribution in [-0.2, 0) is 23.1 Å². The first-order valence-corrected chi connectivity index (χ1v) is 11.4. The maximum absolute atomic E-state index is 12.9. The first-order chi connectivity index (χ1) is 16.9. The summed E-state index contributed by atoms with van der Waals surface area (Å²) >= 11 is 0. The van der Waals surface area contributed by atoms with Gasteiger partial charge in [0.2, 0.25) is 0 Å². The van der Waals surface area contributed by atoms with Gasteiger partial charge in [-0.1, -0.05) is 48.5 Å². The van der Waals surface area contributed by atoms with Crippen LogP contribution in [0.2, 0.25) is 0 Å². The van der Waals surface area contributed by atoms with Gasteiger partial charge in [-0.15, -0.1) is 0 Å². The number of rotatable bonds is 9. The van der Waals surface area contributed by atoms with Gasteiger partial charge >= 0.3 is 12.1 Å². The average Bonchev–Trinajstić information content (AvgIpc) is 3.38. The molecule has 9 nitrogen and oxygen atoms in total. The molecule has 0 spiro atoms. The van der Waals surface area contributed by atoms with E-state index in [0.29, 0.717) is 24.2 Å². The molecule has 0 aliphatic heterocycles. The van der Waals surface area contributed by atoms with Gasteiger partial charge in [-0.25, -0.2) is 4.79 Å². The minimum atomic E-state index is -0.903. The van der Waals surface area contributed by atoms with Gasteiger partial charge in [0.15, 0.2) is 0 Å². The molecule has 0 bridgehead atoms. The van der Waals surface area contributed by atoms with Crippen molar-refractivity contribution in [3.05, 3.63) is 77.1 Å². The predicted molar refractivity (Wildman–Crippen MR) is 129 cm³/mol. The zero-order chi connectivity index (χ0) is 24.9. The fourth-order valence-corrected chi connectivity index (χ4v) is 4.45. The molecule has 1 aromatic heterocycles. The van der Waals surface area contributed by atoms with E-state index in [0.717, 1.165) is 22.3 Å². The van der Waals surface area contributed by atoms with Gasteiger partial charge in [0, 0.05) is 38.5 Å². The first kappa shape index (κ1) is 24.0. The highest BCUT2D eigenvalue weighted by molar-refractivity contribution is 5.94. The van der Waals surface area contributed by atoms with E-state index >= 15 is 0 Å². The molecule has 9 heteroatoms. The summed E-state index contributed by atoms with van der Waals surface area (Å²) in [6, 6.07) is 16.2. The van der Waals surface area contributed by atoms with Gasteiger partial charge in [-0.05, 0) is 28.7 Å². The largest absolute Gasteiger partial charge is 0.481 e. The van der Waals surface area contributed by atoms with E-state index in [1.807, 2.05) is 24.3 Å². The number of carboxylic acids is 1. The van der Waals surface area contributed by atoms with Gasteiger partial charge in [-0.2, -0.15) is 5.10 Å².